The molecular weight excluding hydrogens is 338 g/mol. The largest absolute Gasteiger partial charge is 0.492 e. The number of carbonyl (C=O) groups excluding carboxylic acids is 2. The number of anilines is 1. The quantitative estimate of drug-likeness (QED) is 0.829. The summed E-state index contributed by atoms with van der Waals surface area (Å²) in [6, 6.07) is 10.3. The molecule has 1 fully saturated rings. The Kier molecular flexibility index (Phi) is 5.67. The summed E-state index contributed by atoms with van der Waals surface area (Å²) in [5.74, 6) is 0.482. The number of nitrogens with zero attached hydrogens (tertiary/aromatic N) is 1. The fourth-order valence-electron chi connectivity index (χ4n) is 2.86. The van der Waals surface area contributed by atoms with Crippen molar-refractivity contribution in [3.63, 3.8) is 0 Å². The highest BCUT2D eigenvalue weighted by atomic mass is 32.1. The molecule has 0 saturated carbocycles. The summed E-state index contributed by atoms with van der Waals surface area (Å²) in [6.45, 7) is 1.52. The van der Waals surface area contributed by atoms with E-state index in [4.69, 9.17) is 10.5 Å². The van der Waals surface area contributed by atoms with E-state index in [-0.39, 0.29) is 11.8 Å². The van der Waals surface area contributed by atoms with Crippen molar-refractivity contribution in [2.24, 2.45) is 5.73 Å². The Balaban J connectivity index is 1.63. The van der Waals surface area contributed by atoms with Gasteiger partial charge in [-0.3, -0.25) is 9.59 Å². The van der Waals surface area contributed by atoms with Gasteiger partial charge < -0.3 is 20.7 Å². The van der Waals surface area contributed by atoms with Crippen molar-refractivity contribution in [1.82, 2.24) is 4.90 Å². The molecule has 132 valence electrons. The summed E-state index contributed by atoms with van der Waals surface area (Å²) in [5.41, 5.74) is 6.08. The lowest BCUT2D eigenvalue weighted by molar-refractivity contribution is -0.119. The molecule has 3 rings (SSSR count). The molecular formula is C18H21N3O3S. The first kappa shape index (κ1) is 17.4. The van der Waals surface area contributed by atoms with Crippen LogP contribution in [0.15, 0.2) is 41.8 Å². The van der Waals surface area contributed by atoms with E-state index in [2.05, 4.69) is 5.32 Å². The van der Waals surface area contributed by atoms with Crippen LogP contribution in [0.5, 0.6) is 5.75 Å². The Hall–Kier alpha value is -2.38. The maximum absolute atomic E-state index is 12.6. The summed E-state index contributed by atoms with van der Waals surface area (Å²) in [7, 11) is 0. The lowest BCUT2D eigenvalue weighted by atomic mass is 10.2. The summed E-state index contributed by atoms with van der Waals surface area (Å²) in [6.07, 6.45) is 1.52. The zero-order valence-corrected chi connectivity index (χ0v) is 14.6. The fourth-order valence-corrected chi connectivity index (χ4v) is 3.54. The highest BCUT2D eigenvalue weighted by Gasteiger charge is 2.34. The molecule has 0 radical (unpaired) electrons. The van der Waals surface area contributed by atoms with E-state index < -0.39 is 6.04 Å². The van der Waals surface area contributed by atoms with Gasteiger partial charge in [0.2, 0.25) is 5.91 Å². The third-order valence-electron chi connectivity index (χ3n) is 4.06. The van der Waals surface area contributed by atoms with Crippen molar-refractivity contribution in [1.29, 1.82) is 0 Å². The minimum absolute atomic E-state index is 0.0711. The maximum atomic E-state index is 12.6. The molecule has 7 heteroatoms. The van der Waals surface area contributed by atoms with Gasteiger partial charge >= 0.3 is 0 Å². The number of nitrogens with two attached hydrogens (primary N) is 1. The van der Waals surface area contributed by atoms with Crippen molar-refractivity contribution < 1.29 is 14.3 Å². The van der Waals surface area contributed by atoms with Crippen LogP contribution in [0.25, 0.3) is 0 Å². The van der Waals surface area contributed by atoms with Crippen LogP contribution in [0.2, 0.25) is 0 Å². The number of benzene rings is 1. The van der Waals surface area contributed by atoms with Gasteiger partial charge in [0.05, 0.1) is 4.88 Å². The van der Waals surface area contributed by atoms with Gasteiger partial charge in [-0.15, -0.1) is 11.3 Å². The lowest BCUT2D eigenvalue weighted by Gasteiger charge is -2.23. The van der Waals surface area contributed by atoms with Crippen LogP contribution >= 0.6 is 11.3 Å². The topological polar surface area (TPSA) is 84.7 Å². The third-order valence-corrected chi connectivity index (χ3v) is 4.91. The Labute approximate surface area is 150 Å². The first-order valence-corrected chi connectivity index (χ1v) is 9.15. The molecule has 1 aliphatic heterocycles. The third kappa shape index (κ3) is 4.18. The first-order valence-electron chi connectivity index (χ1n) is 8.27. The Morgan fingerprint density at radius 1 is 1.28 bits per heavy atom. The van der Waals surface area contributed by atoms with Crippen LogP contribution in [0, 0.1) is 0 Å². The molecule has 2 heterocycles. The van der Waals surface area contributed by atoms with Gasteiger partial charge in [0, 0.05) is 18.8 Å². The van der Waals surface area contributed by atoms with E-state index >= 15 is 0 Å². The van der Waals surface area contributed by atoms with Crippen LogP contribution in [0.1, 0.15) is 22.5 Å². The van der Waals surface area contributed by atoms with Crippen molar-refractivity contribution in [2.45, 2.75) is 18.9 Å². The molecule has 1 aliphatic rings. The van der Waals surface area contributed by atoms with Crippen LogP contribution < -0.4 is 15.8 Å². The smallest absolute Gasteiger partial charge is 0.264 e. The summed E-state index contributed by atoms with van der Waals surface area (Å²) in [4.78, 5) is 27.5. The van der Waals surface area contributed by atoms with E-state index in [9.17, 15) is 9.59 Å². The molecule has 2 amide bonds. The minimum atomic E-state index is -0.428. The number of hydrogen-bond acceptors (Lipinski definition) is 5. The Bertz CT molecular complexity index is 716. The highest BCUT2D eigenvalue weighted by Crippen LogP contribution is 2.24. The molecule has 1 saturated heterocycles. The van der Waals surface area contributed by atoms with Gasteiger partial charge in [0.15, 0.2) is 0 Å². The monoisotopic (exact) mass is 359 g/mol. The molecule has 1 aromatic carbocycles. The van der Waals surface area contributed by atoms with Crippen LogP contribution in [0.4, 0.5) is 5.69 Å². The lowest BCUT2D eigenvalue weighted by Crippen LogP contribution is -2.42. The van der Waals surface area contributed by atoms with Gasteiger partial charge in [-0.25, -0.2) is 0 Å². The second-order valence-corrected chi connectivity index (χ2v) is 6.73. The molecule has 1 atom stereocenters. The number of nitrogens with one attached hydrogen (secondary N) is 1. The minimum Gasteiger partial charge on any atom is -0.492 e. The Morgan fingerprint density at radius 3 is 2.76 bits per heavy atom. The maximum Gasteiger partial charge on any atom is 0.264 e. The van der Waals surface area contributed by atoms with Crippen molar-refractivity contribution in [3.05, 3.63) is 46.7 Å². The predicted molar refractivity (Wildman–Crippen MR) is 98.0 cm³/mol. The van der Waals surface area contributed by atoms with E-state index in [1.807, 2.05) is 11.4 Å². The van der Waals surface area contributed by atoms with E-state index in [0.717, 1.165) is 6.42 Å². The van der Waals surface area contributed by atoms with Gasteiger partial charge in [0.1, 0.15) is 18.4 Å². The molecule has 3 N–H and O–H groups in total. The average molecular weight is 359 g/mol. The molecule has 0 spiro atoms. The summed E-state index contributed by atoms with van der Waals surface area (Å²) < 4.78 is 5.42. The number of amides is 2. The number of carbonyl (C=O) groups is 2. The number of hydrogen-bond donors (Lipinski definition) is 2. The van der Waals surface area contributed by atoms with Gasteiger partial charge in [-0.2, -0.15) is 0 Å². The normalized spacial score (nSPS) is 16.7. The van der Waals surface area contributed by atoms with Crippen molar-refractivity contribution >= 4 is 28.8 Å². The van der Waals surface area contributed by atoms with E-state index in [1.165, 1.54) is 11.3 Å². The van der Waals surface area contributed by atoms with Crippen LogP contribution in [-0.2, 0) is 4.79 Å². The van der Waals surface area contributed by atoms with Crippen molar-refractivity contribution in [2.75, 3.05) is 25.0 Å². The molecule has 0 aliphatic carbocycles. The zero-order valence-electron chi connectivity index (χ0n) is 13.8. The fraction of sp³-hybridized carbons (Fsp3) is 0.333. The number of rotatable bonds is 6. The number of ether oxygens (including phenoxy) is 1. The Morgan fingerprint density at radius 2 is 2.08 bits per heavy atom. The molecule has 2 aromatic rings. The van der Waals surface area contributed by atoms with Gasteiger partial charge in [-0.1, -0.05) is 6.07 Å². The zero-order chi connectivity index (χ0) is 17.6. The van der Waals surface area contributed by atoms with Gasteiger partial charge in [-0.05, 0) is 48.6 Å². The molecule has 1 aromatic heterocycles. The van der Waals surface area contributed by atoms with Gasteiger partial charge in [0.25, 0.3) is 5.91 Å². The van der Waals surface area contributed by atoms with Crippen LogP contribution in [-0.4, -0.2) is 42.5 Å². The molecule has 6 nitrogen and oxygen atoms in total. The number of thiophene rings is 1. The highest BCUT2D eigenvalue weighted by molar-refractivity contribution is 7.12. The summed E-state index contributed by atoms with van der Waals surface area (Å²) in [5, 5.41) is 4.76. The summed E-state index contributed by atoms with van der Waals surface area (Å²) >= 11 is 1.40. The second kappa shape index (κ2) is 8.13. The first-order chi connectivity index (χ1) is 12.2. The van der Waals surface area contributed by atoms with Crippen molar-refractivity contribution in [3.8, 4) is 5.75 Å². The standard InChI is InChI=1S/C18H21N3O3S/c19-9-11-24-14-7-5-13(6-8-14)20-17(22)15-3-1-10-21(15)18(23)16-4-2-12-25-16/h2,4-8,12,15H,1,3,9-11,19H2,(H,20,22). The molecule has 25 heavy (non-hydrogen) atoms. The van der Waals surface area contributed by atoms with E-state index in [1.54, 1.807) is 35.2 Å². The molecule has 0 bridgehead atoms. The SMILES string of the molecule is NCCOc1ccc(NC(=O)C2CCCN2C(=O)c2cccs2)cc1. The number of likely N-dealkylation sites (tertiary alicyclic amines) is 1. The predicted octanol–water partition coefficient (Wildman–Crippen LogP) is 2.33. The molecule has 1 unspecified atom stereocenters. The van der Waals surface area contributed by atoms with Crippen LogP contribution in [0.3, 0.4) is 0 Å². The second-order valence-electron chi connectivity index (χ2n) is 5.78. The van der Waals surface area contributed by atoms with E-state index in [0.29, 0.717) is 42.4 Å². The average Bonchev–Trinajstić information content (AvgIpc) is 3.32.